The van der Waals surface area contributed by atoms with Crippen LogP contribution in [-0.4, -0.2) is 23.0 Å². The van der Waals surface area contributed by atoms with Crippen LogP contribution in [0.15, 0.2) is 0 Å². The fourth-order valence-corrected chi connectivity index (χ4v) is 0.996. The number of rotatable bonds is 2. The Morgan fingerprint density at radius 1 is 1.07 bits per heavy atom. The van der Waals surface area contributed by atoms with Crippen molar-refractivity contribution in [2.75, 3.05) is 0 Å². The molecular weight excluding hydrogens is 194 g/mol. The van der Waals surface area contributed by atoms with E-state index in [0.717, 1.165) is 0 Å². The highest BCUT2D eigenvalue weighted by atomic mass is 16.4. The van der Waals surface area contributed by atoms with Crippen LogP contribution in [0.1, 0.15) is 41.5 Å². The molecular formula is C11H21NO3. The standard InChI is InChI=1S/C11H21NO3/c1-10(2,3)7(8(13)14)12-9(15)11(4,5)6/h7H,1-6H3,(H,12,15)(H,13,14)/t7-/m0/s1. The van der Waals surface area contributed by atoms with Gasteiger partial charge in [0.25, 0.3) is 0 Å². The van der Waals surface area contributed by atoms with E-state index in [9.17, 15) is 9.59 Å². The van der Waals surface area contributed by atoms with Gasteiger partial charge in [-0.15, -0.1) is 0 Å². The normalized spacial score (nSPS) is 14.5. The molecule has 0 bridgehead atoms. The van der Waals surface area contributed by atoms with Crippen LogP contribution in [0.3, 0.4) is 0 Å². The molecule has 1 amide bonds. The van der Waals surface area contributed by atoms with Crippen molar-refractivity contribution >= 4 is 11.9 Å². The first-order valence-electron chi connectivity index (χ1n) is 5.00. The van der Waals surface area contributed by atoms with Crippen molar-refractivity contribution in [1.29, 1.82) is 0 Å². The number of carbonyl (C=O) groups excluding carboxylic acids is 1. The molecule has 0 aromatic heterocycles. The lowest BCUT2D eigenvalue weighted by Gasteiger charge is -2.30. The number of carbonyl (C=O) groups is 2. The van der Waals surface area contributed by atoms with E-state index in [2.05, 4.69) is 5.32 Å². The van der Waals surface area contributed by atoms with Crippen molar-refractivity contribution in [3.05, 3.63) is 0 Å². The molecule has 1 atom stereocenters. The molecule has 0 spiro atoms. The molecule has 0 saturated heterocycles. The topological polar surface area (TPSA) is 66.4 Å². The molecule has 0 aliphatic carbocycles. The molecule has 0 aliphatic heterocycles. The van der Waals surface area contributed by atoms with Gasteiger partial charge in [-0.2, -0.15) is 0 Å². The van der Waals surface area contributed by atoms with E-state index in [-0.39, 0.29) is 5.91 Å². The van der Waals surface area contributed by atoms with Gasteiger partial charge in [0.05, 0.1) is 0 Å². The molecule has 0 saturated carbocycles. The Balaban J connectivity index is 4.74. The van der Waals surface area contributed by atoms with E-state index in [4.69, 9.17) is 5.11 Å². The van der Waals surface area contributed by atoms with Crippen molar-refractivity contribution in [1.82, 2.24) is 5.32 Å². The second-order valence-electron chi connectivity index (χ2n) is 5.86. The largest absolute Gasteiger partial charge is 0.480 e. The van der Waals surface area contributed by atoms with E-state index >= 15 is 0 Å². The van der Waals surface area contributed by atoms with E-state index in [1.807, 2.05) is 0 Å². The van der Waals surface area contributed by atoms with Gasteiger partial charge in [-0.05, 0) is 5.41 Å². The summed E-state index contributed by atoms with van der Waals surface area (Å²) in [4.78, 5) is 22.6. The van der Waals surface area contributed by atoms with E-state index < -0.39 is 22.8 Å². The van der Waals surface area contributed by atoms with E-state index in [1.165, 1.54) is 0 Å². The van der Waals surface area contributed by atoms with Crippen LogP contribution in [0.25, 0.3) is 0 Å². The van der Waals surface area contributed by atoms with Crippen LogP contribution in [-0.2, 0) is 9.59 Å². The van der Waals surface area contributed by atoms with Gasteiger partial charge in [0, 0.05) is 5.41 Å². The second-order valence-corrected chi connectivity index (χ2v) is 5.86. The summed E-state index contributed by atoms with van der Waals surface area (Å²) in [6, 6.07) is -0.857. The third-order valence-electron chi connectivity index (χ3n) is 2.07. The zero-order chi connectivity index (χ0) is 12.4. The lowest BCUT2D eigenvalue weighted by molar-refractivity contribution is -0.146. The Labute approximate surface area is 91.1 Å². The molecule has 0 aliphatic rings. The number of hydrogen-bond donors (Lipinski definition) is 2. The lowest BCUT2D eigenvalue weighted by Crippen LogP contribution is -2.52. The quantitative estimate of drug-likeness (QED) is 0.736. The maximum atomic E-state index is 11.7. The first kappa shape index (κ1) is 13.9. The summed E-state index contributed by atoms with van der Waals surface area (Å²) in [6.45, 7) is 10.6. The van der Waals surface area contributed by atoms with Gasteiger partial charge in [0.15, 0.2) is 0 Å². The van der Waals surface area contributed by atoms with Gasteiger partial charge < -0.3 is 10.4 Å². The summed E-state index contributed by atoms with van der Waals surface area (Å²) >= 11 is 0. The fraction of sp³-hybridized carbons (Fsp3) is 0.818. The summed E-state index contributed by atoms with van der Waals surface area (Å²) in [5.74, 6) is -1.25. The Hall–Kier alpha value is -1.06. The highest BCUT2D eigenvalue weighted by molar-refractivity contribution is 5.87. The van der Waals surface area contributed by atoms with Crippen LogP contribution < -0.4 is 5.32 Å². The number of hydrogen-bond acceptors (Lipinski definition) is 2. The van der Waals surface area contributed by atoms with Crippen molar-refractivity contribution in [3.63, 3.8) is 0 Å². The maximum absolute atomic E-state index is 11.7. The molecule has 0 aromatic carbocycles. The Kier molecular flexibility index (Phi) is 3.91. The summed E-state index contributed by atoms with van der Waals surface area (Å²) in [5, 5.41) is 11.6. The lowest BCUT2D eigenvalue weighted by atomic mass is 9.85. The predicted octanol–water partition coefficient (Wildman–Crippen LogP) is 1.65. The summed E-state index contributed by atoms with van der Waals surface area (Å²) in [7, 11) is 0. The average Bonchev–Trinajstić information content (AvgIpc) is 1.94. The predicted molar refractivity (Wildman–Crippen MR) is 58.5 cm³/mol. The maximum Gasteiger partial charge on any atom is 0.326 e. The zero-order valence-corrected chi connectivity index (χ0v) is 10.3. The Morgan fingerprint density at radius 3 is 1.67 bits per heavy atom. The van der Waals surface area contributed by atoms with Gasteiger partial charge >= 0.3 is 5.97 Å². The molecule has 0 unspecified atom stereocenters. The molecule has 15 heavy (non-hydrogen) atoms. The molecule has 0 fully saturated rings. The number of aliphatic carboxylic acids is 1. The summed E-state index contributed by atoms with van der Waals surface area (Å²) < 4.78 is 0. The number of amides is 1. The minimum Gasteiger partial charge on any atom is -0.480 e. The van der Waals surface area contributed by atoms with Crippen molar-refractivity contribution in [2.45, 2.75) is 47.6 Å². The molecule has 88 valence electrons. The Morgan fingerprint density at radius 2 is 1.47 bits per heavy atom. The zero-order valence-electron chi connectivity index (χ0n) is 10.3. The van der Waals surface area contributed by atoms with Crippen molar-refractivity contribution in [2.24, 2.45) is 10.8 Å². The highest BCUT2D eigenvalue weighted by Gasteiger charge is 2.35. The summed E-state index contributed by atoms with van der Waals surface area (Å²) in [6.07, 6.45) is 0. The van der Waals surface area contributed by atoms with E-state index in [1.54, 1.807) is 41.5 Å². The number of nitrogens with one attached hydrogen (secondary N) is 1. The summed E-state index contributed by atoms with van der Waals surface area (Å²) in [5.41, 5.74) is -1.06. The van der Waals surface area contributed by atoms with Gasteiger partial charge in [0.2, 0.25) is 5.91 Å². The monoisotopic (exact) mass is 215 g/mol. The number of carboxylic acid groups (broad SMARTS) is 1. The van der Waals surface area contributed by atoms with E-state index in [0.29, 0.717) is 0 Å². The molecule has 2 N–H and O–H groups in total. The molecule has 4 nitrogen and oxygen atoms in total. The third-order valence-corrected chi connectivity index (χ3v) is 2.07. The second kappa shape index (κ2) is 4.21. The van der Waals surface area contributed by atoms with Crippen LogP contribution >= 0.6 is 0 Å². The minimum absolute atomic E-state index is 0.246. The molecule has 0 heterocycles. The molecule has 0 aromatic rings. The van der Waals surface area contributed by atoms with Crippen molar-refractivity contribution in [3.8, 4) is 0 Å². The minimum atomic E-state index is -1.000. The van der Waals surface area contributed by atoms with Crippen LogP contribution in [0.4, 0.5) is 0 Å². The van der Waals surface area contributed by atoms with Crippen molar-refractivity contribution < 1.29 is 14.7 Å². The molecule has 0 radical (unpaired) electrons. The first-order chi connectivity index (χ1) is 6.46. The first-order valence-corrected chi connectivity index (χ1v) is 5.00. The van der Waals surface area contributed by atoms with Gasteiger partial charge in [-0.3, -0.25) is 4.79 Å². The average molecular weight is 215 g/mol. The smallest absolute Gasteiger partial charge is 0.326 e. The molecule has 4 heteroatoms. The van der Waals surface area contributed by atoms with Crippen LogP contribution in [0.2, 0.25) is 0 Å². The molecule has 0 rings (SSSR count). The highest BCUT2D eigenvalue weighted by Crippen LogP contribution is 2.21. The van der Waals surface area contributed by atoms with Gasteiger partial charge in [0.1, 0.15) is 6.04 Å². The van der Waals surface area contributed by atoms with Crippen LogP contribution in [0.5, 0.6) is 0 Å². The number of carboxylic acids is 1. The van der Waals surface area contributed by atoms with Gasteiger partial charge in [-0.25, -0.2) is 4.79 Å². The fourth-order valence-electron chi connectivity index (χ4n) is 0.996. The van der Waals surface area contributed by atoms with Crippen LogP contribution in [0, 0.1) is 10.8 Å². The van der Waals surface area contributed by atoms with Gasteiger partial charge in [-0.1, -0.05) is 41.5 Å². The SMILES string of the molecule is CC(C)(C)C(=O)N[C@@H](C(=O)O)C(C)(C)C. The third kappa shape index (κ3) is 4.32. The Bertz CT molecular complexity index is 258.